The van der Waals surface area contributed by atoms with Crippen LogP contribution >= 0.6 is 0 Å². The van der Waals surface area contributed by atoms with Crippen molar-refractivity contribution in [2.45, 2.75) is 46.1 Å². The van der Waals surface area contributed by atoms with Gasteiger partial charge >= 0.3 is 0 Å². The molecule has 1 unspecified atom stereocenters. The summed E-state index contributed by atoms with van der Waals surface area (Å²) in [7, 11) is -3.13. The lowest BCUT2D eigenvalue weighted by molar-refractivity contribution is 0.449. The maximum Gasteiger partial charge on any atom is 0.212 e. The molecule has 0 spiro atoms. The van der Waals surface area contributed by atoms with Gasteiger partial charge in [-0.15, -0.1) is 0 Å². The molecule has 1 aliphatic rings. The predicted octanol–water partition coefficient (Wildman–Crippen LogP) is 1.09. The van der Waals surface area contributed by atoms with E-state index in [0.717, 1.165) is 32.4 Å². The second kappa shape index (κ2) is 5.47. The van der Waals surface area contributed by atoms with E-state index in [1.165, 1.54) is 0 Å². The summed E-state index contributed by atoms with van der Waals surface area (Å²) in [5.74, 6) is 0.198. The van der Waals surface area contributed by atoms with Gasteiger partial charge in [-0.3, -0.25) is 0 Å². The molecule has 2 N–H and O–H groups in total. The normalized spacial score (nSPS) is 24.1. The van der Waals surface area contributed by atoms with Crippen molar-refractivity contribution in [2.24, 2.45) is 5.41 Å². The summed E-state index contributed by atoms with van der Waals surface area (Å²) in [6.45, 7) is 7.74. The third kappa shape index (κ3) is 5.82. The van der Waals surface area contributed by atoms with Crippen LogP contribution in [0.3, 0.4) is 0 Å². The summed E-state index contributed by atoms with van der Waals surface area (Å²) in [6, 6.07) is 0.113. The van der Waals surface area contributed by atoms with E-state index in [1.807, 2.05) is 20.8 Å². The second-order valence-corrected chi connectivity index (χ2v) is 7.57. The zero-order chi connectivity index (χ0) is 12.2. The van der Waals surface area contributed by atoms with E-state index in [9.17, 15) is 8.42 Å². The van der Waals surface area contributed by atoms with E-state index in [0.29, 0.717) is 0 Å². The molecule has 0 bridgehead atoms. The predicted molar refractivity (Wildman–Crippen MR) is 66.9 cm³/mol. The minimum atomic E-state index is -3.13. The molecule has 16 heavy (non-hydrogen) atoms. The van der Waals surface area contributed by atoms with Crippen molar-refractivity contribution < 1.29 is 8.42 Å². The van der Waals surface area contributed by atoms with Gasteiger partial charge in [-0.25, -0.2) is 13.1 Å². The van der Waals surface area contributed by atoms with Gasteiger partial charge in [-0.2, -0.15) is 0 Å². The molecule has 1 fully saturated rings. The molecule has 1 aliphatic heterocycles. The molecule has 96 valence electrons. The summed E-state index contributed by atoms with van der Waals surface area (Å²) in [4.78, 5) is 0. The van der Waals surface area contributed by atoms with E-state index in [1.54, 1.807) is 0 Å². The zero-order valence-corrected chi connectivity index (χ0v) is 11.4. The average Bonchev–Trinajstić information content (AvgIpc) is 2.26. The van der Waals surface area contributed by atoms with Crippen molar-refractivity contribution in [1.29, 1.82) is 0 Å². The molecule has 1 rings (SSSR count). The van der Waals surface area contributed by atoms with Crippen LogP contribution in [0.5, 0.6) is 0 Å². The molecule has 0 aromatic heterocycles. The molecule has 1 atom stereocenters. The lowest BCUT2D eigenvalue weighted by atomic mass is 10.0. The molecule has 5 heteroatoms. The minimum Gasteiger partial charge on any atom is -0.317 e. The fourth-order valence-electron chi connectivity index (χ4n) is 2.00. The lowest BCUT2D eigenvalue weighted by Gasteiger charge is -2.21. The Labute approximate surface area is 99.2 Å². The Balaban J connectivity index is 2.51. The molecule has 4 nitrogen and oxygen atoms in total. The molecule has 0 aliphatic carbocycles. The number of hydrogen-bond acceptors (Lipinski definition) is 3. The maximum atomic E-state index is 11.9. The molecule has 0 aromatic carbocycles. The highest BCUT2D eigenvalue weighted by Gasteiger charge is 2.24. The van der Waals surface area contributed by atoms with Gasteiger partial charge in [-0.1, -0.05) is 20.8 Å². The summed E-state index contributed by atoms with van der Waals surface area (Å²) in [5.41, 5.74) is -0.186. The molecular weight excluding hydrogens is 224 g/mol. The largest absolute Gasteiger partial charge is 0.317 e. The Morgan fingerprint density at radius 3 is 2.56 bits per heavy atom. The first-order valence-corrected chi connectivity index (χ1v) is 7.64. The Morgan fingerprint density at radius 1 is 1.25 bits per heavy atom. The van der Waals surface area contributed by atoms with Gasteiger partial charge < -0.3 is 5.32 Å². The maximum absolute atomic E-state index is 11.9. The average molecular weight is 248 g/mol. The van der Waals surface area contributed by atoms with Gasteiger partial charge in [0.2, 0.25) is 10.0 Å². The van der Waals surface area contributed by atoms with Crippen LogP contribution < -0.4 is 10.0 Å². The summed E-state index contributed by atoms with van der Waals surface area (Å²) < 4.78 is 26.6. The number of sulfonamides is 1. The van der Waals surface area contributed by atoms with E-state index in [-0.39, 0.29) is 17.2 Å². The van der Waals surface area contributed by atoms with Crippen LogP contribution in [0.1, 0.15) is 40.0 Å². The molecule has 0 aromatic rings. The van der Waals surface area contributed by atoms with Crippen LogP contribution in [0, 0.1) is 5.41 Å². The van der Waals surface area contributed by atoms with Crippen LogP contribution in [0.25, 0.3) is 0 Å². The number of hydrogen-bond donors (Lipinski definition) is 2. The van der Waals surface area contributed by atoms with Gasteiger partial charge in [0.15, 0.2) is 0 Å². The van der Waals surface area contributed by atoms with E-state index in [4.69, 9.17) is 0 Å². The smallest absolute Gasteiger partial charge is 0.212 e. The third-order valence-electron chi connectivity index (χ3n) is 2.54. The second-order valence-electron chi connectivity index (χ2n) is 5.82. The summed E-state index contributed by atoms with van der Waals surface area (Å²) >= 11 is 0. The first-order valence-electron chi connectivity index (χ1n) is 5.99. The summed E-state index contributed by atoms with van der Waals surface area (Å²) in [6.07, 6.45) is 2.88. The van der Waals surface area contributed by atoms with E-state index < -0.39 is 10.0 Å². The van der Waals surface area contributed by atoms with Crippen molar-refractivity contribution in [3.8, 4) is 0 Å². The van der Waals surface area contributed by atoms with Gasteiger partial charge in [0.05, 0.1) is 5.75 Å². The van der Waals surface area contributed by atoms with Crippen molar-refractivity contribution >= 4 is 10.0 Å². The standard InChI is InChI=1S/C11H24N2O2S/c1-11(2,3)9-16(14,15)13-10-5-4-7-12-8-6-10/h10,12-13H,4-9H2,1-3H3. The number of rotatable bonds is 3. The third-order valence-corrected chi connectivity index (χ3v) is 4.48. The first kappa shape index (κ1) is 13.9. The Kier molecular flexibility index (Phi) is 4.76. The van der Waals surface area contributed by atoms with Crippen molar-refractivity contribution in [3.05, 3.63) is 0 Å². The quantitative estimate of drug-likeness (QED) is 0.786. The van der Waals surface area contributed by atoms with Crippen LogP contribution in [-0.2, 0) is 10.0 Å². The Hall–Kier alpha value is -0.130. The minimum absolute atomic E-state index is 0.113. The van der Waals surface area contributed by atoms with Gasteiger partial charge in [0.25, 0.3) is 0 Å². The van der Waals surface area contributed by atoms with Crippen LogP contribution in [0.4, 0.5) is 0 Å². The van der Waals surface area contributed by atoms with E-state index in [2.05, 4.69) is 10.0 Å². The molecule has 0 radical (unpaired) electrons. The van der Waals surface area contributed by atoms with Gasteiger partial charge in [0, 0.05) is 6.04 Å². The highest BCUT2D eigenvalue weighted by atomic mass is 32.2. The lowest BCUT2D eigenvalue weighted by Crippen LogP contribution is -2.39. The highest BCUT2D eigenvalue weighted by molar-refractivity contribution is 7.89. The van der Waals surface area contributed by atoms with E-state index >= 15 is 0 Å². The van der Waals surface area contributed by atoms with Crippen molar-refractivity contribution in [1.82, 2.24) is 10.0 Å². The summed E-state index contributed by atoms with van der Waals surface area (Å²) in [5, 5.41) is 3.28. The van der Waals surface area contributed by atoms with Crippen molar-refractivity contribution in [2.75, 3.05) is 18.8 Å². The number of nitrogens with one attached hydrogen (secondary N) is 2. The van der Waals surface area contributed by atoms with Crippen LogP contribution in [-0.4, -0.2) is 33.3 Å². The fourth-order valence-corrected chi connectivity index (χ4v) is 3.97. The van der Waals surface area contributed by atoms with Gasteiger partial charge in [0.1, 0.15) is 0 Å². The topological polar surface area (TPSA) is 58.2 Å². The Bertz CT molecular complexity index is 298. The van der Waals surface area contributed by atoms with Gasteiger partial charge in [-0.05, 0) is 37.8 Å². The zero-order valence-electron chi connectivity index (χ0n) is 10.5. The molecular formula is C11H24N2O2S. The molecule has 1 heterocycles. The first-order chi connectivity index (χ1) is 7.29. The molecule has 0 saturated carbocycles. The van der Waals surface area contributed by atoms with Crippen LogP contribution in [0.15, 0.2) is 0 Å². The highest BCUT2D eigenvalue weighted by Crippen LogP contribution is 2.16. The SMILES string of the molecule is CC(C)(C)CS(=O)(=O)NC1CCCNCC1. The fraction of sp³-hybridized carbons (Fsp3) is 1.00. The Morgan fingerprint density at radius 2 is 1.94 bits per heavy atom. The van der Waals surface area contributed by atoms with Crippen molar-refractivity contribution in [3.63, 3.8) is 0 Å². The monoisotopic (exact) mass is 248 g/mol. The molecule has 1 saturated heterocycles. The molecule has 0 amide bonds. The van der Waals surface area contributed by atoms with Crippen LogP contribution in [0.2, 0.25) is 0 Å².